The van der Waals surface area contributed by atoms with Gasteiger partial charge in [-0.05, 0) is 54.5 Å². The zero-order valence-electron chi connectivity index (χ0n) is 9.18. The summed E-state index contributed by atoms with van der Waals surface area (Å²) in [7, 11) is 0. The highest BCUT2D eigenvalue weighted by molar-refractivity contribution is 9.10. The number of furan rings is 1. The molecule has 1 aromatic rings. The maximum absolute atomic E-state index is 5.14. The van der Waals surface area contributed by atoms with Crippen molar-refractivity contribution in [3.63, 3.8) is 0 Å². The average molecular weight is 275 g/mol. The zero-order chi connectivity index (χ0) is 10.9. The Bertz CT molecular complexity index is 263. The fourth-order valence-corrected chi connectivity index (χ4v) is 1.69. The average Bonchev–Trinajstić information content (AvgIpc) is 2.63. The maximum Gasteiger partial charge on any atom is 0.173 e. The molecule has 0 saturated carbocycles. The first kappa shape index (κ1) is 12.7. The van der Waals surface area contributed by atoms with E-state index in [-0.39, 0.29) is 0 Å². The minimum atomic E-state index is 0.833. The van der Waals surface area contributed by atoms with Crippen molar-refractivity contribution in [1.29, 1.82) is 0 Å². The lowest BCUT2D eigenvalue weighted by Gasteiger charge is -2.04. The topological polar surface area (TPSA) is 37.2 Å². The van der Waals surface area contributed by atoms with E-state index in [1.165, 1.54) is 12.0 Å². The van der Waals surface area contributed by atoms with Crippen molar-refractivity contribution in [1.82, 2.24) is 10.6 Å². The molecule has 0 unspecified atom stereocenters. The summed E-state index contributed by atoms with van der Waals surface area (Å²) >= 11 is 3.35. The van der Waals surface area contributed by atoms with Gasteiger partial charge in [0.25, 0.3) is 0 Å². The van der Waals surface area contributed by atoms with E-state index in [1.807, 2.05) is 6.07 Å². The molecule has 3 nitrogen and oxygen atoms in total. The molecule has 86 valence electrons. The van der Waals surface area contributed by atoms with Crippen molar-refractivity contribution in [2.24, 2.45) is 0 Å². The molecular weight excluding hydrogens is 256 g/mol. The van der Waals surface area contributed by atoms with Crippen molar-refractivity contribution in [2.45, 2.75) is 26.3 Å². The van der Waals surface area contributed by atoms with Crippen LogP contribution in [-0.4, -0.2) is 19.6 Å². The molecule has 0 spiro atoms. The molecule has 1 rings (SSSR count). The molecule has 0 aromatic carbocycles. The molecule has 0 aliphatic heterocycles. The molecule has 4 heteroatoms. The van der Waals surface area contributed by atoms with E-state index < -0.39 is 0 Å². The lowest BCUT2D eigenvalue weighted by Crippen LogP contribution is -2.22. The van der Waals surface area contributed by atoms with E-state index in [0.717, 1.165) is 37.3 Å². The van der Waals surface area contributed by atoms with Gasteiger partial charge in [-0.15, -0.1) is 0 Å². The summed E-state index contributed by atoms with van der Waals surface area (Å²) in [5.74, 6) is 0. The van der Waals surface area contributed by atoms with E-state index in [9.17, 15) is 0 Å². The van der Waals surface area contributed by atoms with E-state index in [0.29, 0.717) is 0 Å². The van der Waals surface area contributed by atoms with Crippen molar-refractivity contribution >= 4 is 15.9 Å². The molecule has 0 amide bonds. The van der Waals surface area contributed by atoms with Crippen LogP contribution in [0.25, 0.3) is 0 Å². The van der Waals surface area contributed by atoms with Gasteiger partial charge in [-0.3, -0.25) is 0 Å². The summed E-state index contributed by atoms with van der Waals surface area (Å²) in [5, 5.41) is 6.75. The Hall–Kier alpha value is -0.320. The van der Waals surface area contributed by atoms with Crippen LogP contribution in [0.15, 0.2) is 21.4 Å². The molecule has 1 heterocycles. The highest BCUT2D eigenvalue weighted by Gasteiger charge is 2.00. The van der Waals surface area contributed by atoms with Crippen molar-refractivity contribution in [2.75, 3.05) is 19.6 Å². The van der Waals surface area contributed by atoms with Crippen LogP contribution < -0.4 is 10.6 Å². The summed E-state index contributed by atoms with van der Waals surface area (Å²) in [6, 6.07) is 1.98. The minimum Gasteiger partial charge on any atom is -0.457 e. The molecule has 2 N–H and O–H groups in total. The van der Waals surface area contributed by atoms with Crippen LogP contribution in [-0.2, 0) is 6.54 Å². The zero-order valence-corrected chi connectivity index (χ0v) is 10.8. The van der Waals surface area contributed by atoms with Gasteiger partial charge in [-0.2, -0.15) is 0 Å². The van der Waals surface area contributed by atoms with Crippen LogP contribution in [0, 0.1) is 0 Å². The quantitative estimate of drug-likeness (QED) is 0.716. The summed E-state index contributed by atoms with van der Waals surface area (Å²) in [5.41, 5.74) is 1.18. The first-order valence-electron chi connectivity index (χ1n) is 5.48. The lowest BCUT2D eigenvalue weighted by molar-refractivity contribution is 0.531. The summed E-state index contributed by atoms with van der Waals surface area (Å²) in [6.45, 7) is 6.29. The third kappa shape index (κ3) is 5.35. The maximum atomic E-state index is 5.14. The van der Waals surface area contributed by atoms with E-state index in [1.54, 1.807) is 6.26 Å². The Morgan fingerprint density at radius 3 is 2.73 bits per heavy atom. The van der Waals surface area contributed by atoms with Crippen LogP contribution >= 0.6 is 15.9 Å². The number of rotatable bonds is 8. The Labute approximate surface area is 99.7 Å². The number of hydrogen-bond donors (Lipinski definition) is 2. The predicted octanol–water partition coefficient (Wildman–Crippen LogP) is 2.52. The van der Waals surface area contributed by atoms with E-state index in [2.05, 4.69) is 33.5 Å². The Morgan fingerprint density at radius 2 is 2.07 bits per heavy atom. The first-order chi connectivity index (χ1) is 7.34. The molecular formula is C11H19BrN2O. The second-order valence-electron chi connectivity index (χ2n) is 3.50. The van der Waals surface area contributed by atoms with Crippen LogP contribution in [0.5, 0.6) is 0 Å². The lowest BCUT2D eigenvalue weighted by atomic mass is 10.3. The molecule has 0 fully saturated rings. The SMILES string of the molecule is CCCNCCCNCc1ccoc1Br. The van der Waals surface area contributed by atoms with Gasteiger partial charge in [0.2, 0.25) is 0 Å². The van der Waals surface area contributed by atoms with Gasteiger partial charge in [0.15, 0.2) is 4.67 Å². The standard InChI is InChI=1S/C11H19BrN2O/c1-2-5-13-6-3-7-14-9-10-4-8-15-11(10)12/h4,8,13-14H,2-3,5-7,9H2,1H3. The highest BCUT2D eigenvalue weighted by atomic mass is 79.9. The van der Waals surface area contributed by atoms with Gasteiger partial charge in [0, 0.05) is 12.1 Å². The second-order valence-corrected chi connectivity index (χ2v) is 4.22. The van der Waals surface area contributed by atoms with Crippen molar-refractivity contribution < 1.29 is 4.42 Å². The third-order valence-electron chi connectivity index (χ3n) is 2.14. The molecule has 0 bridgehead atoms. The van der Waals surface area contributed by atoms with Gasteiger partial charge in [-0.25, -0.2) is 0 Å². The number of halogens is 1. The van der Waals surface area contributed by atoms with Crippen molar-refractivity contribution in [3.05, 3.63) is 22.6 Å². The molecule has 0 saturated heterocycles. The summed E-state index contributed by atoms with van der Waals surface area (Å²) in [4.78, 5) is 0. The molecule has 0 atom stereocenters. The Morgan fingerprint density at radius 1 is 1.27 bits per heavy atom. The van der Waals surface area contributed by atoms with Crippen LogP contribution in [0.2, 0.25) is 0 Å². The third-order valence-corrected chi connectivity index (χ3v) is 2.84. The monoisotopic (exact) mass is 274 g/mol. The fourth-order valence-electron chi connectivity index (χ4n) is 1.31. The van der Waals surface area contributed by atoms with E-state index in [4.69, 9.17) is 4.42 Å². The van der Waals surface area contributed by atoms with Gasteiger partial charge >= 0.3 is 0 Å². The van der Waals surface area contributed by atoms with Crippen LogP contribution in [0.1, 0.15) is 25.3 Å². The predicted molar refractivity (Wildman–Crippen MR) is 65.9 cm³/mol. The second kappa shape index (κ2) is 7.91. The largest absolute Gasteiger partial charge is 0.457 e. The van der Waals surface area contributed by atoms with Crippen LogP contribution in [0.3, 0.4) is 0 Å². The van der Waals surface area contributed by atoms with Gasteiger partial charge < -0.3 is 15.1 Å². The van der Waals surface area contributed by atoms with Gasteiger partial charge in [-0.1, -0.05) is 6.92 Å². The summed E-state index contributed by atoms with van der Waals surface area (Å²) in [6.07, 6.45) is 4.06. The molecule has 0 aliphatic rings. The fraction of sp³-hybridized carbons (Fsp3) is 0.636. The van der Waals surface area contributed by atoms with Gasteiger partial charge in [0.05, 0.1) is 6.26 Å². The Balaban J connectivity index is 1.96. The van der Waals surface area contributed by atoms with Gasteiger partial charge in [0.1, 0.15) is 0 Å². The highest BCUT2D eigenvalue weighted by Crippen LogP contribution is 2.16. The molecule has 0 radical (unpaired) electrons. The molecule has 15 heavy (non-hydrogen) atoms. The Kier molecular flexibility index (Phi) is 6.72. The minimum absolute atomic E-state index is 0.833. The molecule has 0 aliphatic carbocycles. The van der Waals surface area contributed by atoms with Crippen molar-refractivity contribution in [3.8, 4) is 0 Å². The molecule has 1 aromatic heterocycles. The van der Waals surface area contributed by atoms with Crippen LogP contribution in [0.4, 0.5) is 0 Å². The smallest absolute Gasteiger partial charge is 0.173 e. The number of hydrogen-bond acceptors (Lipinski definition) is 3. The summed E-state index contributed by atoms with van der Waals surface area (Å²) < 4.78 is 5.97. The number of nitrogens with one attached hydrogen (secondary N) is 2. The normalized spacial score (nSPS) is 10.8. The first-order valence-corrected chi connectivity index (χ1v) is 6.27. The van der Waals surface area contributed by atoms with E-state index >= 15 is 0 Å².